The number of H-pyrrole nitrogens is 1. The molecular weight excluding hydrogens is 214 g/mol. The zero-order valence-electron chi connectivity index (χ0n) is 8.19. The Morgan fingerprint density at radius 2 is 2.47 bits per heavy atom. The topological polar surface area (TPSA) is 88.7 Å². The second kappa shape index (κ2) is 4.01. The van der Waals surface area contributed by atoms with Crippen LogP contribution in [-0.4, -0.2) is 27.3 Å². The fraction of sp³-hybridized carbons (Fsp3) is 0.625. The van der Waals surface area contributed by atoms with Gasteiger partial charge in [0.1, 0.15) is 5.82 Å². The largest absolute Gasteiger partial charge is 0.352 e. The molecule has 0 bridgehead atoms. The van der Waals surface area contributed by atoms with Gasteiger partial charge in [-0.25, -0.2) is 4.79 Å². The first-order valence-electron chi connectivity index (χ1n) is 4.87. The van der Waals surface area contributed by atoms with E-state index in [2.05, 4.69) is 15.5 Å². The highest BCUT2D eigenvalue weighted by molar-refractivity contribution is 7.71. The number of nitrogens with one attached hydrogen (secondary N) is 2. The molecule has 1 aromatic rings. The van der Waals surface area contributed by atoms with Crippen molar-refractivity contribution >= 4 is 18.2 Å². The maximum absolute atomic E-state index is 10.5. The highest BCUT2D eigenvalue weighted by Crippen LogP contribution is 2.38. The summed E-state index contributed by atoms with van der Waals surface area (Å²) in [7, 11) is 0. The molecule has 0 saturated heterocycles. The van der Waals surface area contributed by atoms with E-state index in [1.807, 2.05) is 4.57 Å². The van der Waals surface area contributed by atoms with E-state index in [0.717, 1.165) is 5.82 Å². The van der Waals surface area contributed by atoms with E-state index in [1.165, 1.54) is 12.8 Å². The maximum Gasteiger partial charge on any atom is 0.312 e. The smallest absolute Gasteiger partial charge is 0.312 e. The van der Waals surface area contributed by atoms with Gasteiger partial charge < -0.3 is 15.6 Å². The summed E-state index contributed by atoms with van der Waals surface area (Å²) in [5.41, 5.74) is 4.97. The molecule has 4 N–H and O–H groups in total. The lowest BCUT2D eigenvalue weighted by Crippen LogP contribution is -2.32. The molecule has 1 fully saturated rings. The maximum atomic E-state index is 10.5. The number of carbonyl (C=O) groups is 1. The molecule has 1 saturated carbocycles. The van der Waals surface area contributed by atoms with Crippen molar-refractivity contribution in [2.24, 2.45) is 5.73 Å². The number of hydrogen-bond donors (Lipinski definition) is 3. The highest BCUT2D eigenvalue weighted by Gasteiger charge is 2.28. The Morgan fingerprint density at radius 3 is 3.07 bits per heavy atom. The van der Waals surface area contributed by atoms with Crippen LogP contribution in [0.15, 0.2) is 0 Å². The van der Waals surface area contributed by atoms with E-state index in [-0.39, 0.29) is 0 Å². The number of rotatable bonds is 4. The van der Waals surface area contributed by atoms with Crippen LogP contribution in [0.25, 0.3) is 0 Å². The lowest BCUT2D eigenvalue weighted by Gasteiger charge is -2.05. The Kier molecular flexibility index (Phi) is 2.72. The second-order valence-electron chi connectivity index (χ2n) is 3.60. The first kappa shape index (κ1) is 10.2. The van der Waals surface area contributed by atoms with Crippen LogP contribution < -0.4 is 11.1 Å². The molecule has 0 unspecified atom stereocenters. The van der Waals surface area contributed by atoms with Crippen LogP contribution in [0.3, 0.4) is 0 Å². The van der Waals surface area contributed by atoms with Crippen molar-refractivity contribution < 1.29 is 4.79 Å². The predicted octanol–water partition coefficient (Wildman–Crippen LogP) is 0.486. The van der Waals surface area contributed by atoms with E-state index in [1.54, 1.807) is 0 Å². The summed E-state index contributed by atoms with van der Waals surface area (Å²) in [5, 5.41) is 9.47. The first-order valence-corrected chi connectivity index (χ1v) is 5.27. The summed E-state index contributed by atoms with van der Waals surface area (Å²) in [6, 6.07) is -0.516. The molecule has 1 heterocycles. The first-order chi connectivity index (χ1) is 7.18. The van der Waals surface area contributed by atoms with Crippen LogP contribution in [0.4, 0.5) is 4.79 Å². The average Bonchev–Trinajstić information content (AvgIpc) is 2.94. The molecule has 0 spiro atoms. The quantitative estimate of drug-likeness (QED) is 0.654. The minimum atomic E-state index is -0.516. The van der Waals surface area contributed by atoms with Gasteiger partial charge in [0.15, 0.2) is 4.77 Å². The summed E-state index contributed by atoms with van der Waals surface area (Å²) in [6.45, 7) is 1.09. The van der Waals surface area contributed by atoms with Gasteiger partial charge in [-0.15, -0.1) is 0 Å². The lowest BCUT2D eigenvalue weighted by molar-refractivity contribution is 0.248. The van der Waals surface area contributed by atoms with Gasteiger partial charge in [-0.05, 0) is 25.1 Å². The van der Waals surface area contributed by atoms with Crippen molar-refractivity contribution in [1.82, 2.24) is 20.1 Å². The zero-order chi connectivity index (χ0) is 10.8. The van der Waals surface area contributed by atoms with Gasteiger partial charge in [0.25, 0.3) is 0 Å². The van der Waals surface area contributed by atoms with Gasteiger partial charge in [-0.2, -0.15) is 5.10 Å². The number of aromatic amines is 1. The van der Waals surface area contributed by atoms with Crippen LogP contribution in [0.2, 0.25) is 0 Å². The molecule has 0 atom stereocenters. The van der Waals surface area contributed by atoms with Crippen molar-refractivity contribution in [3.8, 4) is 0 Å². The molecule has 0 aromatic carbocycles. The molecular formula is C8H13N5OS. The minimum Gasteiger partial charge on any atom is -0.352 e. The summed E-state index contributed by atoms with van der Waals surface area (Å²) < 4.78 is 2.52. The third-order valence-corrected chi connectivity index (χ3v) is 2.68. The average molecular weight is 227 g/mol. The van der Waals surface area contributed by atoms with E-state index >= 15 is 0 Å². The Hall–Kier alpha value is -1.37. The monoisotopic (exact) mass is 227 g/mol. The van der Waals surface area contributed by atoms with Gasteiger partial charge in [-0.3, -0.25) is 5.10 Å². The van der Waals surface area contributed by atoms with Crippen molar-refractivity contribution in [2.45, 2.75) is 25.3 Å². The van der Waals surface area contributed by atoms with E-state index in [9.17, 15) is 4.79 Å². The number of aromatic nitrogens is 3. The highest BCUT2D eigenvalue weighted by atomic mass is 32.1. The van der Waals surface area contributed by atoms with Crippen molar-refractivity contribution in [1.29, 1.82) is 0 Å². The second-order valence-corrected chi connectivity index (χ2v) is 3.99. The molecule has 0 radical (unpaired) electrons. The number of amides is 2. The molecule has 1 aliphatic rings. The fourth-order valence-electron chi connectivity index (χ4n) is 1.49. The number of nitrogens with two attached hydrogens (primary N) is 1. The predicted molar refractivity (Wildman–Crippen MR) is 57.0 cm³/mol. The Balaban J connectivity index is 2.02. The zero-order valence-corrected chi connectivity index (χ0v) is 9.01. The van der Waals surface area contributed by atoms with Crippen molar-refractivity contribution in [3.63, 3.8) is 0 Å². The van der Waals surface area contributed by atoms with E-state index in [4.69, 9.17) is 18.0 Å². The molecule has 7 heteroatoms. The molecule has 0 aliphatic heterocycles. The number of hydrogen-bond acceptors (Lipinski definition) is 3. The number of urea groups is 1. The summed E-state index contributed by atoms with van der Waals surface area (Å²) in [5.74, 6) is 1.53. The van der Waals surface area contributed by atoms with Gasteiger partial charge in [-0.1, -0.05) is 0 Å². The Labute approximate surface area is 91.9 Å². The standard InChI is InChI=1S/C8H13N5OS/c9-7(14)10-3-4-13-6(5-1-2-5)11-12-8(13)15/h5H,1-4H2,(H,12,15)(H3,9,10,14). The normalized spacial score (nSPS) is 15.2. The summed E-state index contributed by atoms with van der Waals surface area (Å²) in [6.07, 6.45) is 2.34. The third kappa shape index (κ3) is 2.35. The SMILES string of the molecule is NC(=O)NCCn1c(C2CC2)n[nH]c1=S. The molecule has 1 aliphatic carbocycles. The van der Waals surface area contributed by atoms with Crippen molar-refractivity contribution in [2.75, 3.05) is 6.54 Å². The third-order valence-electron chi connectivity index (χ3n) is 2.36. The molecule has 2 rings (SSSR count). The summed E-state index contributed by atoms with van der Waals surface area (Å²) in [4.78, 5) is 10.5. The lowest BCUT2D eigenvalue weighted by atomic mass is 10.4. The molecule has 2 amide bonds. The van der Waals surface area contributed by atoms with E-state index in [0.29, 0.717) is 23.8 Å². The van der Waals surface area contributed by atoms with Gasteiger partial charge in [0, 0.05) is 19.0 Å². The number of nitrogens with zero attached hydrogens (tertiary/aromatic N) is 2. The Morgan fingerprint density at radius 1 is 1.73 bits per heavy atom. The minimum absolute atomic E-state index is 0.475. The van der Waals surface area contributed by atoms with Crippen molar-refractivity contribution in [3.05, 3.63) is 10.6 Å². The van der Waals surface area contributed by atoms with Crippen LogP contribution >= 0.6 is 12.2 Å². The van der Waals surface area contributed by atoms with Gasteiger partial charge in [0.2, 0.25) is 0 Å². The number of carbonyl (C=O) groups excluding carboxylic acids is 1. The number of primary amides is 1. The van der Waals surface area contributed by atoms with Gasteiger partial charge in [0.05, 0.1) is 0 Å². The molecule has 6 nitrogen and oxygen atoms in total. The summed E-state index contributed by atoms with van der Waals surface area (Å²) >= 11 is 5.10. The van der Waals surface area contributed by atoms with Crippen LogP contribution in [-0.2, 0) is 6.54 Å². The molecule has 82 valence electrons. The molecule has 15 heavy (non-hydrogen) atoms. The fourth-order valence-corrected chi connectivity index (χ4v) is 1.72. The Bertz CT molecular complexity index is 419. The van der Waals surface area contributed by atoms with Crippen LogP contribution in [0.1, 0.15) is 24.6 Å². The van der Waals surface area contributed by atoms with Crippen LogP contribution in [0.5, 0.6) is 0 Å². The van der Waals surface area contributed by atoms with Gasteiger partial charge >= 0.3 is 6.03 Å². The van der Waals surface area contributed by atoms with E-state index < -0.39 is 6.03 Å². The molecule has 1 aromatic heterocycles. The van der Waals surface area contributed by atoms with Crippen LogP contribution in [0, 0.1) is 4.77 Å².